The van der Waals surface area contributed by atoms with E-state index in [-0.39, 0.29) is 0 Å². The molecule has 21 heavy (non-hydrogen) atoms. The number of hydrogen-bond acceptors (Lipinski definition) is 4. The third kappa shape index (κ3) is 4.06. The lowest BCUT2D eigenvalue weighted by Crippen LogP contribution is -2.20. The lowest BCUT2D eigenvalue weighted by molar-refractivity contribution is 0.0528. The minimum absolute atomic E-state index is 0.295. The van der Waals surface area contributed by atoms with E-state index in [9.17, 15) is 9.59 Å². The van der Waals surface area contributed by atoms with Crippen molar-refractivity contribution in [2.75, 3.05) is 17.2 Å². The number of para-hydroxylation sites is 1. The number of ether oxygens (including phenoxy) is 1. The summed E-state index contributed by atoms with van der Waals surface area (Å²) in [6, 6.07) is 10.4. The van der Waals surface area contributed by atoms with Crippen molar-refractivity contribution in [2.24, 2.45) is 0 Å². The van der Waals surface area contributed by atoms with E-state index in [2.05, 4.69) is 10.6 Å². The molecule has 0 spiro atoms. The molecule has 0 saturated heterocycles. The molecule has 0 atom stereocenters. The summed E-state index contributed by atoms with van der Waals surface area (Å²) in [6.45, 7) is 3.91. The van der Waals surface area contributed by atoms with Crippen LogP contribution in [0.25, 0.3) is 0 Å². The van der Waals surface area contributed by atoms with Crippen LogP contribution in [0.5, 0.6) is 0 Å². The molecular formula is C15H16N2O3S. The average molecular weight is 304 g/mol. The summed E-state index contributed by atoms with van der Waals surface area (Å²) in [6.07, 6.45) is 0. The maximum Gasteiger partial charge on any atom is 0.341 e. The van der Waals surface area contributed by atoms with Gasteiger partial charge in [0.15, 0.2) is 0 Å². The van der Waals surface area contributed by atoms with E-state index in [1.165, 1.54) is 11.3 Å². The molecule has 0 bridgehead atoms. The number of thiophene rings is 1. The van der Waals surface area contributed by atoms with Crippen LogP contribution in [0.3, 0.4) is 0 Å². The Morgan fingerprint density at radius 2 is 1.90 bits per heavy atom. The van der Waals surface area contributed by atoms with Gasteiger partial charge in [-0.05, 0) is 32.0 Å². The first-order chi connectivity index (χ1) is 10.1. The van der Waals surface area contributed by atoms with Gasteiger partial charge in [0, 0.05) is 10.6 Å². The predicted octanol–water partition coefficient (Wildman–Crippen LogP) is 3.88. The molecule has 0 radical (unpaired) electrons. The smallest absolute Gasteiger partial charge is 0.341 e. The van der Waals surface area contributed by atoms with Crippen LogP contribution >= 0.6 is 11.3 Å². The molecule has 0 aliphatic heterocycles. The number of anilines is 2. The van der Waals surface area contributed by atoms with Gasteiger partial charge in [0.05, 0.1) is 12.2 Å². The van der Waals surface area contributed by atoms with Crippen molar-refractivity contribution in [2.45, 2.75) is 13.8 Å². The van der Waals surface area contributed by atoms with Crippen molar-refractivity contribution < 1.29 is 14.3 Å². The van der Waals surface area contributed by atoms with Gasteiger partial charge in [-0.25, -0.2) is 9.59 Å². The first kappa shape index (κ1) is 15.1. The van der Waals surface area contributed by atoms with Gasteiger partial charge in [-0.15, -0.1) is 11.3 Å². The van der Waals surface area contributed by atoms with Gasteiger partial charge in [0.2, 0.25) is 0 Å². The molecule has 0 unspecified atom stereocenters. The first-order valence-electron chi connectivity index (χ1n) is 6.50. The lowest BCUT2D eigenvalue weighted by Gasteiger charge is -2.07. The Balaban J connectivity index is 2.09. The van der Waals surface area contributed by atoms with Gasteiger partial charge < -0.3 is 10.1 Å². The zero-order chi connectivity index (χ0) is 15.2. The number of amides is 2. The van der Waals surface area contributed by atoms with Crippen LogP contribution in [-0.2, 0) is 4.74 Å². The number of benzene rings is 1. The number of hydrogen-bond donors (Lipinski definition) is 2. The van der Waals surface area contributed by atoms with Crippen molar-refractivity contribution in [1.82, 2.24) is 0 Å². The standard InChI is InChI=1S/C15H16N2O3S/c1-3-20-14(18)12-9-10(2)21-13(12)17-15(19)16-11-7-5-4-6-8-11/h4-9H,3H2,1-2H3,(H2,16,17,19). The minimum atomic E-state index is -0.433. The van der Waals surface area contributed by atoms with Gasteiger partial charge in [-0.2, -0.15) is 0 Å². The second-order valence-corrected chi connectivity index (χ2v) is 5.52. The summed E-state index contributed by atoms with van der Waals surface area (Å²) in [5.74, 6) is -0.433. The van der Waals surface area contributed by atoms with Crippen LogP contribution < -0.4 is 10.6 Å². The molecule has 2 N–H and O–H groups in total. The Morgan fingerprint density at radius 1 is 1.19 bits per heavy atom. The highest BCUT2D eigenvalue weighted by molar-refractivity contribution is 7.16. The van der Waals surface area contributed by atoms with Crippen LogP contribution in [0.15, 0.2) is 36.4 Å². The minimum Gasteiger partial charge on any atom is -0.462 e. The van der Waals surface area contributed by atoms with Crippen LogP contribution in [0, 0.1) is 6.92 Å². The number of carbonyl (C=O) groups is 2. The van der Waals surface area contributed by atoms with Crippen LogP contribution in [0.2, 0.25) is 0 Å². The van der Waals surface area contributed by atoms with E-state index in [1.54, 1.807) is 25.1 Å². The summed E-state index contributed by atoms with van der Waals surface area (Å²) in [7, 11) is 0. The maximum atomic E-state index is 12.0. The number of nitrogens with one attached hydrogen (secondary N) is 2. The van der Waals surface area contributed by atoms with E-state index in [1.807, 2.05) is 25.1 Å². The molecule has 0 aliphatic rings. The Bertz CT molecular complexity index is 638. The molecule has 0 aliphatic carbocycles. The molecule has 1 aromatic heterocycles. The molecule has 2 aromatic rings. The largest absolute Gasteiger partial charge is 0.462 e. The van der Waals surface area contributed by atoms with Crippen molar-refractivity contribution >= 4 is 34.0 Å². The monoisotopic (exact) mass is 304 g/mol. The number of aryl methyl sites for hydroxylation is 1. The van der Waals surface area contributed by atoms with Crippen molar-refractivity contribution in [1.29, 1.82) is 0 Å². The molecule has 5 nitrogen and oxygen atoms in total. The molecule has 2 amide bonds. The van der Waals surface area contributed by atoms with Crippen molar-refractivity contribution in [3.8, 4) is 0 Å². The van der Waals surface area contributed by atoms with E-state index in [4.69, 9.17) is 4.74 Å². The average Bonchev–Trinajstić information content (AvgIpc) is 2.81. The van der Waals surface area contributed by atoms with Crippen molar-refractivity contribution in [3.63, 3.8) is 0 Å². The Hall–Kier alpha value is -2.34. The number of rotatable bonds is 4. The second kappa shape index (κ2) is 6.90. The summed E-state index contributed by atoms with van der Waals surface area (Å²) in [5.41, 5.74) is 1.06. The van der Waals surface area contributed by atoms with E-state index >= 15 is 0 Å². The first-order valence-corrected chi connectivity index (χ1v) is 7.32. The highest BCUT2D eigenvalue weighted by Gasteiger charge is 2.17. The highest BCUT2D eigenvalue weighted by Crippen LogP contribution is 2.28. The molecule has 0 fully saturated rings. The lowest BCUT2D eigenvalue weighted by atomic mass is 10.3. The van der Waals surface area contributed by atoms with Gasteiger partial charge in [0.1, 0.15) is 5.00 Å². The van der Waals surface area contributed by atoms with Crippen molar-refractivity contribution in [3.05, 3.63) is 46.8 Å². The van der Waals surface area contributed by atoms with Gasteiger partial charge in [0.25, 0.3) is 0 Å². The van der Waals surface area contributed by atoms with E-state index in [0.29, 0.717) is 22.9 Å². The van der Waals surface area contributed by atoms with Gasteiger partial charge in [-0.3, -0.25) is 5.32 Å². The molecule has 110 valence electrons. The third-order valence-electron chi connectivity index (χ3n) is 2.61. The van der Waals surface area contributed by atoms with E-state index in [0.717, 1.165) is 4.88 Å². The molecule has 6 heteroatoms. The fourth-order valence-corrected chi connectivity index (χ4v) is 2.65. The Labute approximate surface area is 126 Å². The molecule has 0 saturated carbocycles. The van der Waals surface area contributed by atoms with Crippen LogP contribution in [0.1, 0.15) is 22.2 Å². The van der Waals surface area contributed by atoms with Crippen LogP contribution in [0.4, 0.5) is 15.5 Å². The second-order valence-electron chi connectivity index (χ2n) is 4.27. The van der Waals surface area contributed by atoms with E-state index < -0.39 is 12.0 Å². The Morgan fingerprint density at radius 3 is 2.57 bits per heavy atom. The fraction of sp³-hybridized carbons (Fsp3) is 0.200. The molecular weight excluding hydrogens is 288 g/mol. The summed E-state index contributed by atoms with van der Waals surface area (Å²) in [4.78, 5) is 24.7. The number of carbonyl (C=O) groups excluding carboxylic acids is 2. The predicted molar refractivity (Wildman–Crippen MR) is 84.1 cm³/mol. The molecule has 1 heterocycles. The Kier molecular flexibility index (Phi) is 4.94. The topological polar surface area (TPSA) is 67.4 Å². The number of urea groups is 1. The third-order valence-corrected chi connectivity index (χ3v) is 3.58. The molecule has 2 rings (SSSR count). The maximum absolute atomic E-state index is 12.0. The van der Waals surface area contributed by atoms with Gasteiger partial charge in [-0.1, -0.05) is 18.2 Å². The SMILES string of the molecule is CCOC(=O)c1cc(C)sc1NC(=O)Nc1ccccc1. The molecule has 1 aromatic carbocycles. The number of esters is 1. The fourth-order valence-electron chi connectivity index (χ4n) is 1.75. The summed E-state index contributed by atoms with van der Waals surface area (Å²) in [5, 5.41) is 5.87. The quantitative estimate of drug-likeness (QED) is 0.842. The van der Waals surface area contributed by atoms with Gasteiger partial charge >= 0.3 is 12.0 Å². The zero-order valence-electron chi connectivity index (χ0n) is 11.8. The zero-order valence-corrected chi connectivity index (χ0v) is 12.6. The van der Waals surface area contributed by atoms with Crippen LogP contribution in [-0.4, -0.2) is 18.6 Å². The highest BCUT2D eigenvalue weighted by atomic mass is 32.1. The normalized spacial score (nSPS) is 10.0. The summed E-state index contributed by atoms with van der Waals surface area (Å²) >= 11 is 1.33. The summed E-state index contributed by atoms with van der Waals surface area (Å²) < 4.78 is 4.98.